The third-order valence-corrected chi connectivity index (χ3v) is 17.2. The van der Waals surface area contributed by atoms with E-state index in [0.717, 1.165) is 31.3 Å². The van der Waals surface area contributed by atoms with Crippen LogP contribution in [0.3, 0.4) is 0 Å². The zero-order valence-corrected chi connectivity index (χ0v) is 33.3. The second-order valence-corrected chi connectivity index (χ2v) is 20.4. The van der Waals surface area contributed by atoms with E-state index in [4.69, 9.17) is 18.9 Å². The Kier molecular flexibility index (Phi) is 10.5. The molecule has 13 nitrogen and oxygen atoms in total. The van der Waals surface area contributed by atoms with Crippen LogP contribution in [0.15, 0.2) is 11.6 Å². The molecule has 310 valence electrons. The summed E-state index contributed by atoms with van der Waals surface area (Å²) in [6.07, 6.45) is -7.57. The first-order chi connectivity index (χ1) is 25.0. The summed E-state index contributed by atoms with van der Waals surface area (Å²) in [6, 6.07) is 0. The predicted molar refractivity (Wildman–Crippen MR) is 194 cm³/mol. The van der Waals surface area contributed by atoms with E-state index in [1.165, 1.54) is 0 Å². The van der Waals surface area contributed by atoms with Crippen molar-refractivity contribution in [3.05, 3.63) is 11.6 Å². The summed E-state index contributed by atoms with van der Waals surface area (Å²) < 4.78 is 23.9. The van der Waals surface area contributed by atoms with Crippen LogP contribution in [0.25, 0.3) is 0 Å². The van der Waals surface area contributed by atoms with Crippen molar-refractivity contribution in [2.24, 2.45) is 50.2 Å². The summed E-state index contributed by atoms with van der Waals surface area (Å²) in [5, 5.41) is 98.7. The zero-order chi connectivity index (χ0) is 39.7. The standard InChI is InChI=1S/C41H68O13/c1-19-31(54-34-29(47)27(45)22(43)17-51-34)28(46)30(48)35(52-19)53-26-12-13-38(6)23(37(26,4)5)11-14-39(7)24(38)10-9-20-21-15-36(2,3)32(49)33(50)41(21,18-42)16-25(44)40(20,39)8/h9,19,21-35,42-50H,10-18H2,1-8H3/t19-,21-,22-,23-,24+,25-,26-,27-,28-,29+,30+,31-,32-,33-,34-,35-,38-,39+,40-,41-/m0/s1. The van der Waals surface area contributed by atoms with Crippen molar-refractivity contribution in [2.75, 3.05) is 13.2 Å². The lowest BCUT2D eigenvalue weighted by molar-refractivity contribution is -0.356. The van der Waals surface area contributed by atoms with E-state index in [0.29, 0.717) is 12.8 Å². The molecule has 0 aromatic heterocycles. The van der Waals surface area contributed by atoms with Gasteiger partial charge in [-0.25, -0.2) is 0 Å². The minimum Gasteiger partial charge on any atom is -0.396 e. The summed E-state index contributed by atoms with van der Waals surface area (Å²) in [6.45, 7) is 16.5. The summed E-state index contributed by atoms with van der Waals surface area (Å²) in [4.78, 5) is 0. The molecule has 4 saturated carbocycles. The summed E-state index contributed by atoms with van der Waals surface area (Å²) in [5.41, 5.74) is -1.79. The number of aliphatic hydroxyl groups excluding tert-OH is 9. The highest BCUT2D eigenvalue weighted by Crippen LogP contribution is 2.75. The van der Waals surface area contributed by atoms with Crippen LogP contribution >= 0.6 is 0 Å². The van der Waals surface area contributed by atoms with Gasteiger partial charge in [0.2, 0.25) is 0 Å². The summed E-state index contributed by atoms with van der Waals surface area (Å²) in [5.74, 6) is 0.293. The van der Waals surface area contributed by atoms with Crippen molar-refractivity contribution in [3.63, 3.8) is 0 Å². The minimum absolute atomic E-state index is 0.120. The average Bonchev–Trinajstić information content (AvgIpc) is 3.10. The van der Waals surface area contributed by atoms with Crippen LogP contribution < -0.4 is 0 Å². The van der Waals surface area contributed by atoms with Crippen molar-refractivity contribution in [3.8, 4) is 0 Å². The Morgan fingerprint density at radius 1 is 0.759 bits per heavy atom. The second-order valence-electron chi connectivity index (χ2n) is 20.4. The monoisotopic (exact) mass is 768 g/mol. The summed E-state index contributed by atoms with van der Waals surface area (Å²) >= 11 is 0. The Hall–Kier alpha value is -0.780. The lowest BCUT2D eigenvalue weighted by atomic mass is 9.33. The van der Waals surface area contributed by atoms with Crippen molar-refractivity contribution >= 4 is 0 Å². The van der Waals surface area contributed by atoms with Gasteiger partial charge in [-0.15, -0.1) is 0 Å². The molecule has 7 aliphatic rings. The van der Waals surface area contributed by atoms with Crippen LogP contribution in [-0.4, -0.2) is 139 Å². The summed E-state index contributed by atoms with van der Waals surface area (Å²) in [7, 11) is 0. The van der Waals surface area contributed by atoms with E-state index >= 15 is 0 Å². The third kappa shape index (κ3) is 5.65. The Bertz CT molecular complexity index is 1440. The van der Waals surface area contributed by atoms with E-state index < -0.39 is 89.9 Å². The molecule has 0 aromatic rings. The first-order valence-electron chi connectivity index (χ1n) is 20.4. The fraction of sp³-hybridized carbons (Fsp3) is 0.951. The van der Waals surface area contributed by atoms with Crippen molar-refractivity contribution in [1.82, 2.24) is 0 Å². The largest absolute Gasteiger partial charge is 0.396 e. The molecule has 2 saturated heterocycles. The number of ether oxygens (including phenoxy) is 4. The molecule has 0 unspecified atom stereocenters. The van der Waals surface area contributed by atoms with Gasteiger partial charge in [-0.05, 0) is 91.3 Å². The number of hydrogen-bond acceptors (Lipinski definition) is 13. The van der Waals surface area contributed by atoms with Gasteiger partial charge in [0, 0.05) is 10.8 Å². The van der Waals surface area contributed by atoms with E-state index in [-0.39, 0.29) is 59.7 Å². The molecule has 2 heterocycles. The number of fused-ring (bicyclic) bond motifs is 7. The molecule has 5 aliphatic carbocycles. The molecule has 7 rings (SSSR count). The maximum atomic E-state index is 12.3. The molecule has 54 heavy (non-hydrogen) atoms. The first kappa shape index (κ1) is 41.4. The first-order valence-corrected chi connectivity index (χ1v) is 20.4. The zero-order valence-electron chi connectivity index (χ0n) is 33.3. The highest BCUT2D eigenvalue weighted by Gasteiger charge is 2.72. The molecular weight excluding hydrogens is 700 g/mol. The van der Waals surface area contributed by atoms with Gasteiger partial charge in [-0.1, -0.05) is 60.1 Å². The number of aliphatic hydroxyl groups is 9. The van der Waals surface area contributed by atoms with Gasteiger partial charge < -0.3 is 64.9 Å². The molecule has 0 bridgehead atoms. The highest BCUT2D eigenvalue weighted by molar-refractivity contribution is 5.37. The molecule has 9 N–H and O–H groups in total. The maximum Gasteiger partial charge on any atom is 0.186 e. The SMILES string of the molecule is C[C@@H]1O[C@@H](O[C@H]2CC[C@]3(C)[C@H]4CC=C5[C@@H]6CC(C)(C)[C@@H](O)[C@H](O)[C@]6(CO)C[C@H](O)[C@@]5(C)[C@]4(C)CC[C@H]3C2(C)C)[C@H](O)[C@H](O)[C@H]1O[C@@H]1OC[C@H](O)[C@H](O)[C@H]1O. The topological polar surface area (TPSA) is 219 Å². The van der Waals surface area contributed by atoms with E-state index in [1.807, 2.05) is 13.8 Å². The van der Waals surface area contributed by atoms with Crippen LogP contribution in [-0.2, 0) is 18.9 Å². The van der Waals surface area contributed by atoms with E-state index in [1.54, 1.807) is 6.92 Å². The normalized spacial score (nSPS) is 56.8. The predicted octanol–water partition coefficient (Wildman–Crippen LogP) is 1.37. The quantitative estimate of drug-likeness (QED) is 0.143. The molecule has 13 heteroatoms. The van der Waals surface area contributed by atoms with Crippen molar-refractivity contribution < 1.29 is 64.9 Å². The van der Waals surface area contributed by atoms with Gasteiger partial charge in [0.25, 0.3) is 0 Å². The second kappa shape index (κ2) is 13.6. The molecule has 0 radical (unpaired) electrons. The fourth-order valence-corrected chi connectivity index (χ4v) is 13.6. The van der Waals surface area contributed by atoms with Crippen LogP contribution in [0.5, 0.6) is 0 Å². The molecule has 6 fully saturated rings. The molecule has 0 spiro atoms. The van der Waals surface area contributed by atoms with Gasteiger partial charge in [0.05, 0.1) is 43.7 Å². The van der Waals surface area contributed by atoms with E-state index in [2.05, 4.69) is 40.7 Å². The maximum absolute atomic E-state index is 12.3. The third-order valence-electron chi connectivity index (χ3n) is 17.2. The Morgan fingerprint density at radius 3 is 2.09 bits per heavy atom. The minimum atomic E-state index is -1.56. The Labute approximate surface area is 319 Å². The Morgan fingerprint density at radius 2 is 1.43 bits per heavy atom. The molecule has 2 aliphatic heterocycles. The van der Waals surface area contributed by atoms with Crippen LogP contribution in [0, 0.1) is 50.2 Å². The van der Waals surface area contributed by atoms with Crippen LogP contribution in [0.4, 0.5) is 0 Å². The fourth-order valence-electron chi connectivity index (χ4n) is 13.6. The lowest BCUT2D eigenvalue weighted by Gasteiger charge is -2.72. The number of hydrogen-bond donors (Lipinski definition) is 9. The van der Waals surface area contributed by atoms with Gasteiger partial charge in [-0.3, -0.25) is 0 Å². The van der Waals surface area contributed by atoms with E-state index in [9.17, 15) is 46.0 Å². The van der Waals surface area contributed by atoms with Crippen molar-refractivity contribution in [1.29, 1.82) is 0 Å². The average molecular weight is 769 g/mol. The van der Waals surface area contributed by atoms with Crippen LogP contribution in [0.2, 0.25) is 0 Å². The van der Waals surface area contributed by atoms with Gasteiger partial charge in [-0.2, -0.15) is 0 Å². The van der Waals surface area contributed by atoms with Crippen molar-refractivity contribution in [2.45, 2.75) is 180 Å². The van der Waals surface area contributed by atoms with Gasteiger partial charge in [0.1, 0.15) is 36.6 Å². The highest BCUT2D eigenvalue weighted by atomic mass is 16.7. The number of rotatable bonds is 5. The number of allylic oxidation sites excluding steroid dienone is 1. The van der Waals surface area contributed by atoms with Crippen LogP contribution in [0.1, 0.15) is 100 Å². The van der Waals surface area contributed by atoms with Gasteiger partial charge in [0.15, 0.2) is 12.6 Å². The molecule has 0 aromatic carbocycles. The lowest BCUT2D eigenvalue weighted by Crippen LogP contribution is -2.71. The Balaban J connectivity index is 1.10. The molecular formula is C41H68O13. The molecule has 20 atom stereocenters. The van der Waals surface area contributed by atoms with Gasteiger partial charge >= 0.3 is 0 Å². The smallest absolute Gasteiger partial charge is 0.186 e. The molecule has 0 amide bonds.